The highest BCUT2D eigenvalue weighted by atomic mass is 16.6. The van der Waals surface area contributed by atoms with Crippen LogP contribution >= 0.6 is 0 Å². The molecule has 2 aromatic heterocycles. The maximum absolute atomic E-state index is 5.53. The van der Waals surface area contributed by atoms with Gasteiger partial charge in [-0.3, -0.25) is 4.90 Å². The van der Waals surface area contributed by atoms with Gasteiger partial charge in [-0.25, -0.2) is 14.6 Å². The minimum atomic E-state index is 0.465. The summed E-state index contributed by atoms with van der Waals surface area (Å²) in [5.41, 5.74) is 3.94. The average molecular weight is 422 g/mol. The number of fused-ring (bicyclic) bond motifs is 2. The molecule has 3 aliphatic rings. The lowest BCUT2D eigenvalue weighted by Crippen LogP contribution is -2.47. The number of rotatable bonds is 3. The first kappa shape index (κ1) is 18.9. The standard InChI is InChI=1S/C22H27N7O2/c1-2-4-17-15-29(8-5-16(17)3-1)18-6-9-27(10-7-18)21-22(28-11-13-30-14-12-28)24-20-19(23-21)25-31-26-20/h1-4,18H,5-15H2. The highest BCUT2D eigenvalue weighted by Gasteiger charge is 2.30. The topological polar surface area (TPSA) is 83.7 Å². The number of anilines is 2. The lowest BCUT2D eigenvalue weighted by molar-refractivity contribution is 0.122. The number of hydrogen-bond acceptors (Lipinski definition) is 9. The molecule has 2 saturated heterocycles. The van der Waals surface area contributed by atoms with Crippen molar-refractivity contribution >= 4 is 22.9 Å². The summed E-state index contributed by atoms with van der Waals surface area (Å²) in [6.45, 7) is 7.16. The minimum Gasteiger partial charge on any atom is -0.378 e. The molecule has 0 bridgehead atoms. The summed E-state index contributed by atoms with van der Waals surface area (Å²) >= 11 is 0. The van der Waals surface area contributed by atoms with Crippen LogP contribution < -0.4 is 9.80 Å². The predicted octanol–water partition coefficient (Wildman–Crippen LogP) is 1.88. The lowest BCUT2D eigenvalue weighted by atomic mass is 9.95. The van der Waals surface area contributed by atoms with Crippen LogP contribution in [0.15, 0.2) is 28.9 Å². The van der Waals surface area contributed by atoms with E-state index >= 15 is 0 Å². The summed E-state index contributed by atoms with van der Waals surface area (Å²) in [6, 6.07) is 9.48. The molecular formula is C22H27N7O2. The van der Waals surface area contributed by atoms with Crippen LogP contribution in [0.1, 0.15) is 24.0 Å². The van der Waals surface area contributed by atoms with Crippen molar-refractivity contribution in [2.24, 2.45) is 0 Å². The molecule has 5 heterocycles. The van der Waals surface area contributed by atoms with Gasteiger partial charge in [-0.15, -0.1) is 0 Å². The van der Waals surface area contributed by atoms with E-state index in [0.29, 0.717) is 30.5 Å². The second-order valence-corrected chi connectivity index (χ2v) is 8.59. The van der Waals surface area contributed by atoms with Gasteiger partial charge in [-0.2, -0.15) is 0 Å². The van der Waals surface area contributed by atoms with E-state index in [4.69, 9.17) is 19.3 Å². The number of morpholine rings is 1. The van der Waals surface area contributed by atoms with Gasteiger partial charge in [0.15, 0.2) is 11.6 Å². The first-order chi connectivity index (χ1) is 15.3. The van der Waals surface area contributed by atoms with E-state index in [1.165, 1.54) is 11.1 Å². The Balaban J connectivity index is 1.20. The van der Waals surface area contributed by atoms with Crippen LogP contribution in [0.5, 0.6) is 0 Å². The summed E-state index contributed by atoms with van der Waals surface area (Å²) in [6.07, 6.45) is 3.40. The summed E-state index contributed by atoms with van der Waals surface area (Å²) in [7, 11) is 0. The maximum Gasteiger partial charge on any atom is 0.245 e. The third kappa shape index (κ3) is 3.61. The molecule has 0 saturated carbocycles. The number of benzene rings is 1. The Labute approximate surface area is 181 Å². The zero-order valence-corrected chi connectivity index (χ0v) is 17.6. The quantitative estimate of drug-likeness (QED) is 0.629. The Hall–Kier alpha value is -2.78. The van der Waals surface area contributed by atoms with E-state index in [1.54, 1.807) is 0 Å². The van der Waals surface area contributed by atoms with Gasteiger partial charge in [0.05, 0.1) is 13.2 Å². The Morgan fingerprint density at radius 2 is 1.42 bits per heavy atom. The molecule has 0 aliphatic carbocycles. The first-order valence-corrected chi connectivity index (χ1v) is 11.2. The molecule has 0 unspecified atom stereocenters. The molecule has 9 heteroatoms. The van der Waals surface area contributed by atoms with E-state index in [0.717, 1.165) is 70.2 Å². The number of ether oxygens (including phenoxy) is 1. The number of hydrogen-bond donors (Lipinski definition) is 0. The maximum atomic E-state index is 5.53. The van der Waals surface area contributed by atoms with Crippen molar-refractivity contribution in [3.05, 3.63) is 35.4 Å². The minimum absolute atomic E-state index is 0.465. The van der Waals surface area contributed by atoms with Crippen LogP contribution in [0.2, 0.25) is 0 Å². The molecule has 3 aromatic rings. The second kappa shape index (κ2) is 8.05. The average Bonchev–Trinajstić information content (AvgIpc) is 3.31. The van der Waals surface area contributed by atoms with Gasteiger partial charge in [0.2, 0.25) is 11.3 Å². The fraction of sp³-hybridized carbons (Fsp3) is 0.545. The van der Waals surface area contributed by atoms with Gasteiger partial charge < -0.3 is 14.5 Å². The van der Waals surface area contributed by atoms with Gasteiger partial charge in [-0.1, -0.05) is 24.3 Å². The molecule has 6 rings (SSSR count). The highest BCUT2D eigenvalue weighted by Crippen LogP contribution is 2.32. The van der Waals surface area contributed by atoms with Crippen molar-refractivity contribution in [2.75, 3.05) is 55.7 Å². The largest absolute Gasteiger partial charge is 0.378 e. The monoisotopic (exact) mass is 421 g/mol. The Bertz CT molecular complexity index is 1060. The second-order valence-electron chi connectivity index (χ2n) is 8.59. The molecular weight excluding hydrogens is 394 g/mol. The van der Waals surface area contributed by atoms with E-state index in [9.17, 15) is 0 Å². The molecule has 0 radical (unpaired) electrons. The van der Waals surface area contributed by atoms with E-state index in [-0.39, 0.29) is 0 Å². The molecule has 1 aromatic carbocycles. The zero-order valence-electron chi connectivity index (χ0n) is 17.6. The van der Waals surface area contributed by atoms with Gasteiger partial charge in [0, 0.05) is 45.3 Å². The Kier molecular flexibility index (Phi) is 4.92. The third-order valence-electron chi connectivity index (χ3n) is 6.83. The van der Waals surface area contributed by atoms with Gasteiger partial charge in [0.25, 0.3) is 0 Å². The zero-order chi connectivity index (χ0) is 20.6. The molecule has 0 spiro atoms. The van der Waals surface area contributed by atoms with Gasteiger partial charge in [-0.05, 0) is 40.7 Å². The predicted molar refractivity (Wildman–Crippen MR) is 116 cm³/mol. The molecule has 0 N–H and O–H groups in total. The lowest BCUT2D eigenvalue weighted by Gasteiger charge is -2.41. The molecule has 9 nitrogen and oxygen atoms in total. The molecule has 31 heavy (non-hydrogen) atoms. The van der Waals surface area contributed by atoms with Crippen molar-refractivity contribution in [3.63, 3.8) is 0 Å². The van der Waals surface area contributed by atoms with Crippen molar-refractivity contribution in [1.82, 2.24) is 25.2 Å². The molecule has 2 fully saturated rings. The Morgan fingerprint density at radius 1 is 0.774 bits per heavy atom. The van der Waals surface area contributed by atoms with E-state index < -0.39 is 0 Å². The Morgan fingerprint density at radius 3 is 2.13 bits per heavy atom. The van der Waals surface area contributed by atoms with Crippen molar-refractivity contribution in [1.29, 1.82) is 0 Å². The fourth-order valence-electron chi connectivity index (χ4n) is 5.09. The fourth-order valence-corrected chi connectivity index (χ4v) is 5.09. The van der Waals surface area contributed by atoms with Crippen molar-refractivity contribution in [3.8, 4) is 0 Å². The first-order valence-electron chi connectivity index (χ1n) is 11.2. The summed E-state index contributed by atoms with van der Waals surface area (Å²) in [5, 5.41) is 7.84. The van der Waals surface area contributed by atoms with Gasteiger partial charge >= 0.3 is 0 Å². The van der Waals surface area contributed by atoms with Crippen LogP contribution in [0.25, 0.3) is 11.3 Å². The van der Waals surface area contributed by atoms with E-state index in [2.05, 4.69) is 49.3 Å². The van der Waals surface area contributed by atoms with Crippen LogP contribution in [0, 0.1) is 0 Å². The number of nitrogens with zero attached hydrogens (tertiary/aromatic N) is 7. The van der Waals surface area contributed by atoms with Crippen LogP contribution in [-0.4, -0.2) is 77.2 Å². The molecule has 162 valence electrons. The number of aromatic nitrogens is 4. The molecule has 3 aliphatic heterocycles. The van der Waals surface area contributed by atoms with Gasteiger partial charge in [0.1, 0.15) is 0 Å². The smallest absolute Gasteiger partial charge is 0.245 e. The van der Waals surface area contributed by atoms with Crippen LogP contribution in [0.3, 0.4) is 0 Å². The van der Waals surface area contributed by atoms with Crippen molar-refractivity contribution < 1.29 is 9.37 Å². The summed E-state index contributed by atoms with van der Waals surface area (Å²) in [5.74, 6) is 1.77. The van der Waals surface area contributed by atoms with Crippen LogP contribution in [0.4, 0.5) is 11.6 Å². The SMILES string of the molecule is c1ccc2c(c1)CCN(C1CCN(c3nc4nonc4nc3N3CCOCC3)CC1)C2. The highest BCUT2D eigenvalue weighted by molar-refractivity contribution is 5.74. The number of piperidine rings is 1. The third-order valence-corrected chi connectivity index (χ3v) is 6.83. The normalized spacial score (nSPS) is 20.9. The summed E-state index contributed by atoms with van der Waals surface area (Å²) in [4.78, 5) is 16.8. The van der Waals surface area contributed by atoms with Crippen molar-refractivity contribution in [2.45, 2.75) is 31.8 Å². The van der Waals surface area contributed by atoms with E-state index in [1.807, 2.05) is 0 Å². The molecule has 0 amide bonds. The summed E-state index contributed by atoms with van der Waals surface area (Å²) < 4.78 is 10.4. The van der Waals surface area contributed by atoms with Crippen LogP contribution in [-0.2, 0) is 17.7 Å². The molecule has 0 atom stereocenters.